The van der Waals surface area contributed by atoms with Gasteiger partial charge in [-0.3, -0.25) is 19.6 Å². The third-order valence-corrected chi connectivity index (χ3v) is 62.0. The number of rotatable bonds is 20. The molecule has 448 valence electrons. The van der Waals surface area contributed by atoms with E-state index in [4.69, 9.17) is 0 Å². The van der Waals surface area contributed by atoms with E-state index in [-0.39, 0.29) is 32.5 Å². The summed E-state index contributed by atoms with van der Waals surface area (Å²) in [5.41, 5.74) is 7.98. The van der Waals surface area contributed by atoms with Gasteiger partial charge in [0.25, 0.3) is 0 Å². The second-order valence-corrected chi connectivity index (χ2v) is 50.6. The fourth-order valence-corrected chi connectivity index (χ4v) is 77.0. The Morgan fingerprint density at radius 3 is 0.494 bits per heavy atom. The van der Waals surface area contributed by atoms with Crippen LogP contribution in [0.25, 0.3) is 0 Å². The SMILES string of the molecule is C1N2CN3CN1CN(C2)C3.C=C.C=C.C=C.C=C.C=C.CC(C)([CH2][Sn]([CH2]C(C)(C)c1ccccc1)([CH2]C(C)(C)c1ccccc1)[O][Sn]([CH2]C(C)(C)c1ccccc1)([CH2]C(C)(C)c1ccccc1)[CH2]C(C)(C)c1ccccc1)c1ccccc1. The van der Waals surface area contributed by atoms with Crippen LogP contribution >= 0.6 is 0 Å². The molecule has 4 aliphatic heterocycles. The average Bonchev–Trinajstić information content (AvgIpc) is 3.44. The van der Waals surface area contributed by atoms with Gasteiger partial charge >= 0.3 is 397 Å². The van der Waals surface area contributed by atoms with Crippen LogP contribution in [-0.2, 0) is 33.9 Å². The molecule has 0 radical (unpaired) electrons. The molecule has 0 atom stereocenters. The Balaban J connectivity index is 0.000000771. The molecule has 0 spiro atoms. The molecule has 0 N–H and O–H groups in total. The summed E-state index contributed by atoms with van der Waals surface area (Å²) in [5.74, 6) is 0. The maximum atomic E-state index is 9.39. The van der Waals surface area contributed by atoms with Crippen LogP contribution in [0.3, 0.4) is 0 Å². The Morgan fingerprint density at radius 2 is 0.373 bits per heavy atom. The molecule has 0 amide bonds. The summed E-state index contributed by atoms with van der Waals surface area (Å²) in [7, 11) is 0. The third-order valence-electron chi connectivity index (χ3n) is 16.7. The molecule has 6 aromatic rings. The van der Waals surface area contributed by atoms with E-state index in [1.807, 2.05) is 0 Å². The van der Waals surface area contributed by atoms with Gasteiger partial charge in [0.1, 0.15) is 0 Å². The molecule has 0 unspecified atom stereocenters. The molecule has 5 nitrogen and oxygen atoms in total. The van der Waals surface area contributed by atoms with Crippen molar-refractivity contribution in [1.82, 2.24) is 19.6 Å². The molecule has 4 bridgehead atoms. The molecule has 4 aliphatic rings. The first-order chi connectivity index (χ1) is 39.5. The van der Waals surface area contributed by atoms with Gasteiger partial charge in [-0.05, 0) is 0 Å². The van der Waals surface area contributed by atoms with Crippen molar-refractivity contribution in [2.75, 3.05) is 40.0 Å². The van der Waals surface area contributed by atoms with Crippen molar-refractivity contribution >= 4 is 37.6 Å². The molecular formula is C76H110N4OSn2. The van der Waals surface area contributed by atoms with Gasteiger partial charge in [-0.2, -0.15) is 0 Å². The van der Waals surface area contributed by atoms with E-state index in [0.29, 0.717) is 0 Å². The van der Waals surface area contributed by atoms with Crippen LogP contribution in [0.4, 0.5) is 0 Å². The first kappa shape index (κ1) is 72.7. The summed E-state index contributed by atoms with van der Waals surface area (Å²) in [5, 5.41) is 0. The molecule has 0 saturated carbocycles. The van der Waals surface area contributed by atoms with E-state index in [2.05, 4.69) is 350 Å². The third kappa shape index (κ3) is 20.8. The molecule has 0 aliphatic carbocycles. The van der Waals surface area contributed by atoms with Crippen LogP contribution in [0, 0.1) is 0 Å². The second kappa shape index (κ2) is 33.4. The van der Waals surface area contributed by atoms with Crippen molar-refractivity contribution in [3.63, 3.8) is 0 Å². The summed E-state index contributed by atoms with van der Waals surface area (Å²) in [4.78, 5) is 9.88. The van der Waals surface area contributed by atoms with Gasteiger partial charge in [-0.25, -0.2) is 0 Å². The number of benzene rings is 6. The zero-order chi connectivity index (χ0) is 62.2. The van der Waals surface area contributed by atoms with Gasteiger partial charge in [0, 0.05) is 0 Å². The zero-order valence-electron chi connectivity index (χ0n) is 54.1. The van der Waals surface area contributed by atoms with Gasteiger partial charge in [0.05, 0.1) is 40.0 Å². The van der Waals surface area contributed by atoms with Crippen molar-refractivity contribution in [3.05, 3.63) is 281 Å². The average molecular weight is 1330 g/mol. The monoisotopic (exact) mass is 1330 g/mol. The number of nitrogens with zero attached hydrogens (tertiary/aromatic N) is 4. The number of hydrogen-bond donors (Lipinski definition) is 0. The molecule has 4 heterocycles. The molecule has 83 heavy (non-hydrogen) atoms. The van der Waals surface area contributed by atoms with Crippen molar-refractivity contribution < 1.29 is 1.41 Å². The van der Waals surface area contributed by atoms with Crippen LogP contribution in [0.1, 0.15) is 116 Å². The topological polar surface area (TPSA) is 22.2 Å². The Kier molecular flexibility index (Phi) is 29.2. The van der Waals surface area contributed by atoms with E-state index < -0.39 is 37.6 Å². The Labute approximate surface area is 517 Å². The van der Waals surface area contributed by atoms with E-state index in [0.717, 1.165) is 26.6 Å². The van der Waals surface area contributed by atoms with Gasteiger partial charge in [0.2, 0.25) is 0 Å². The summed E-state index contributed by atoms with van der Waals surface area (Å²) >= 11 is -8.23. The second-order valence-electron chi connectivity index (χ2n) is 26.6. The predicted octanol–water partition coefficient (Wildman–Crippen LogP) is 19.8. The minimum atomic E-state index is -4.11. The van der Waals surface area contributed by atoms with E-state index in [1.165, 1.54) is 73.4 Å². The van der Waals surface area contributed by atoms with Crippen LogP contribution in [0.5, 0.6) is 0 Å². The quantitative estimate of drug-likeness (QED) is 0.0560. The van der Waals surface area contributed by atoms with Crippen LogP contribution in [-0.4, -0.2) is 97.2 Å². The van der Waals surface area contributed by atoms with E-state index >= 15 is 0 Å². The van der Waals surface area contributed by atoms with Crippen molar-refractivity contribution in [3.8, 4) is 0 Å². The fourth-order valence-electron chi connectivity index (χ4n) is 14.1. The fraction of sp³-hybridized carbons (Fsp3) is 0.395. The molecule has 10 rings (SSSR count). The van der Waals surface area contributed by atoms with Gasteiger partial charge in [0.15, 0.2) is 0 Å². The molecule has 4 fully saturated rings. The molecule has 4 saturated heterocycles. The van der Waals surface area contributed by atoms with Crippen LogP contribution in [0.15, 0.2) is 248 Å². The standard InChI is InChI=1S/6C10H13.C6H12N4.5C2H4.O.2Sn/c6*1-10(2,3)9-7-5-4-6-8-9;1-7-2-9-4-8(1)5-10(3-7)6-9;5*1-2;;;/h6*4-8H,1H2,2-3H3;1-6H2;5*1-2H2;;;. The molecule has 7 heteroatoms. The van der Waals surface area contributed by atoms with Gasteiger partial charge < -0.3 is 0 Å². The van der Waals surface area contributed by atoms with E-state index in [1.54, 1.807) is 0 Å². The Hall–Kier alpha value is -4.58. The predicted molar refractivity (Wildman–Crippen MR) is 371 cm³/mol. The van der Waals surface area contributed by atoms with Gasteiger partial charge in [-0.15, -0.1) is 65.8 Å². The normalized spacial score (nSPS) is 17.4. The maximum absolute atomic E-state index is 9.39. The summed E-state index contributed by atoms with van der Waals surface area (Å²) in [6, 6.07) is 68.6. The Bertz CT molecular complexity index is 2230. The zero-order valence-corrected chi connectivity index (χ0v) is 59.8. The minimum absolute atomic E-state index is 0.0900. The first-order valence-corrected chi connectivity index (χ1v) is 44.3. The van der Waals surface area contributed by atoms with E-state index in [9.17, 15) is 1.41 Å². The molecule has 6 aromatic carbocycles. The summed E-state index contributed by atoms with van der Waals surface area (Å²) in [6.07, 6.45) is 0. The first-order valence-electron chi connectivity index (χ1n) is 29.9. The van der Waals surface area contributed by atoms with Crippen LogP contribution < -0.4 is 0 Å². The van der Waals surface area contributed by atoms with Gasteiger partial charge in [-0.1, -0.05) is 0 Å². The Morgan fingerprint density at radius 1 is 0.253 bits per heavy atom. The van der Waals surface area contributed by atoms with Crippen molar-refractivity contribution in [2.24, 2.45) is 0 Å². The number of hydrogen-bond acceptors (Lipinski definition) is 5. The molecule has 0 aromatic heterocycles. The van der Waals surface area contributed by atoms with Crippen molar-refractivity contribution in [2.45, 2.75) is 142 Å². The van der Waals surface area contributed by atoms with Crippen molar-refractivity contribution in [1.29, 1.82) is 0 Å². The van der Waals surface area contributed by atoms with Crippen LogP contribution in [0.2, 0.25) is 26.6 Å². The summed E-state index contributed by atoms with van der Waals surface area (Å²) in [6.45, 7) is 67.6. The summed E-state index contributed by atoms with van der Waals surface area (Å²) < 4.78 is 16.1. The molecular weight excluding hydrogens is 1220 g/mol.